The van der Waals surface area contributed by atoms with Gasteiger partial charge in [-0.3, -0.25) is 14.9 Å². The molecule has 0 radical (unpaired) electrons. The van der Waals surface area contributed by atoms with Crippen LogP contribution < -0.4 is 5.32 Å². The second kappa shape index (κ2) is 3.81. The molecule has 1 saturated carbocycles. The Balaban J connectivity index is 2.15. The minimum absolute atomic E-state index is 0.0840. The molecule has 0 unspecified atom stereocenters. The SMILES string of the molecule is O=C(O)CN1C(=O)CNC12CCCCC2. The molecule has 0 aromatic heterocycles. The van der Waals surface area contributed by atoms with Crippen molar-refractivity contribution in [1.82, 2.24) is 10.2 Å². The molecule has 0 atom stereocenters. The van der Waals surface area contributed by atoms with E-state index < -0.39 is 5.97 Å². The van der Waals surface area contributed by atoms with Gasteiger partial charge in [-0.05, 0) is 25.7 Å². The highest BCUT2D eigenvalue weighted by atomic mass is 16.4. The Hall–Kier alpha value is -1.10. The van der Waals surface area contributed by atoms with Gasteiger partial charge in [-0.25, -0.2) is 0 Å². The van der Waals surface area contributed by atoms with Crippen LogP contribution in [0.15, 0.2) is 0 Å². The fraction of sp³-hybridized carbons (Fsp3) is 0.800. The van der Waals surface area contributed by atoms with E-state index in [-0.39, 0.29) is 24.7 Å². The first kappa shape index (κ1) is 10.4. The summed E-state index contributed by atoms with van der Waals surface area (Å²) in [6.07, 6.45) is 5.07. The van der Waals surface area contributed by atoms with E-state index in [2.05, 4.69) is 5.32 Å². The van der Waals surface area contributed by atoms with Gasteiger partial charge in [0, 0.05) is 0 Å². The number of nitrogens with zero attached hydrogens (tertiary/aromatic N) is 1. The monoisotopic (exact) mass is 212 g/mol. The molecule has 5 nitrogen and oxygen atoms in total. The smallest absolute Gasteiger partial charge is 0.323 e. The number of carboxylic acids is 1. The third kappa shape index (κ3) is 1.84. The van der Waals surface area contributed by atoms with E-state index in [1.807, 2.05) is 0 Å². The van der Waals surface area contributed by atoms with Crippen molar-refractivity contribution >= 4 is 11.9 Å². The Labute approximate surface area is 88.4 Å². The summed E-state index contributed by atoms with van der Waals surface area (Å²) >= 11 is 0. The molecule has 2 aliphatic rings. The molecule has 2 N–H and O–H groups in total. The van der Waals surface area contributed by atoms with Crippen LogP contribution in [0.4, 0.5) is 0 Å². The van der Waals surface area contributed by atoms with Crippen molar-refractivity contribution in [1.29, 1.82) is 0 Å². The normalized spacial score (nSPS) is 24.8. The Morgan fingerprint density at radius 1 is 1.40 bits per heavy atom. The van der Waals surface area contributed by atoms with Gasteiger partial charge in [0.1, 0.15) is 6.54 Å². The molecule has 15 heavy (non-hydrogen) atoms. The number of hydrogen-bond donors (Lipinski definition) is 2. The van der Waals surface area contributed by atoms with Crippen molar-refractivity contribution in [3.8, 4) is 0 Å². The fourth-order valence-electron chi connectivity index (χ4n) is 2.63. The second-order valence-electron chi connectivity index (χ2n) is 4.32. The van der Waals surface area contributed by atoms with Gasteiger partial charge in [0.25, 0.3) is 0 Å². The van der Waals surface area contributed by atoms with Crippen LogP contribution in [-0.4, -0.2) is 40.6 Å². The summed E-state index contributed by atoms with van der Waals surface area (Å²) < 4.78 is 0. The number of carbonyl (C=O) groups excluding carboxylic acids is 1. The van der Waals surface area contributed by atoms with Crippen molar-refractivity contribution in [3.05, 3.63) is 0 Å². The Bertz CT molecular complexity index is 284. The van der Waals surface area contributed by atoms with E-state index in [9.17, 15) is 9.59 Å². The summed E-state index contributed by atoms with van der Waals surface area (Å²) in [5.41, 5.74) is -0.353. The molecule has 1 heterocycles. The fourth-order valence-corrected chi connectivity index (χ4v) is 2.63. The zero-order chi connectivity index (χ0) is 10.9. The zero-order valence-corrected chi connectivity index (χ0v) is 8.66. The van der Waals surface area contributed by atoms with Crippen LogP contribution in [0.2, 0.25) is 0 Å². The standard InChI is InChI=1S/C10H16N2O3/c13-8-6-11-10(4-2-1-3-5-10)12(8)7-9(14)15/h11H,1-7H2,(H,14,15). The van der Waals surface area contributed by atoms with Crippen LogP contribution in [0.25, 0.3) is 0 Å². The maximum atomic E-state index is 11.6. The molecular formula is C10H16N2O3. The molecule has 1 spiro atoms. The van der Waals surface area contributed by atoms with E-state index in [1.165, 1.54) is 11.3 Å². The lowest BCUT2D eigenvalue weighted by molar-refractivity contribution is -0.146. The molecule has 0 aromatic rings. The van der Waals surface area contributed by atoms with Crippen molar-refractivity contribution in [2.24, 2.45) is 0 Å². The molecule has 1 aliphatic carbocycles. The lowest BCUT2D eigenvalue weighted by Crippen LogP contribution is -2.54. The van der Waals surface area contributed by atoms with Crippen LogP contribution in [0.5, 0.6) is 0 Å². The Kier molecular flexibility index (Phi) is 2.65. The van der Waals surface area contributed by atoms with Gasteiger partial charge in [-0.2, -0.15) is 0 Å². The maximum absolute atomic E-state index is 11.6. The third-order valence-electron chi connectivity index (χ3n) is 3.36. The van der Waals surface area contributed by atoms with Crippen LogP contribution in [0.3, 0.4) is 0 Å². The Morgan fingerprint density at radius 3 is 2.67 bits per heavy atom. The highest BCUT2D eigenvalue weighted by Gasteiger charge is 2.45. The summed E-state index contributed by atoms with van der Waals surface area (Å²) in [7, 11) is 0. The molecule has 0 aromatic carbocycles. The second-order valence-corrected chi connectivity index (χ2v) is 4.32. The average molecular weight is 212 g/mol. The number of aliphatic carboxylic acids is 1. The van der Waals surface area contributed by atoms with E-state index in [1.54, 1.807) is 0 Å². The summed E-state index contributed by atoms with van der Waals surface area (Å²) in [6.45, 7) is 0.110. The molecule has 1 aliphatic heterocycles. The highest BCUT2D eigenvalue weighted by molar-refractivity contribution is 5.85. The highest BCUT2D eigenvalue weighted by Crippen LogP contribution is 2.33. The van der Waals surface area contributed by atoms with Crippen LogP contribution in [-0.2, 0) is 9.59 Å². The van der Waals surface area contributed by atoms with Gasteiger partial charge in [0.05, 0.1) is 12.2 Å². The van der Waals surface area contributed by atoms with Crippen molar-refractivity contribution in [3.63, 3.8) is 0 Å². The largest absolute Gasteiger partial charge is 0.480 e. The average Bonchev–Trinajstić information content (AvgIpc) is 2.48. The molecule has 1 saturated heterocycles. The molecule has 5 heteroatoms. The molecule has 2 rings (SSSR count). The summed E-state index contributed by atoms with van der Waals surface area (Å²) in [6, 6.07) is 0. The van der Waals surface area contributed by atoms with Gasteiger partial charge in [0.2, 0.25) is 5.91 Å². The van der Waals surface area contributed by atoms with Gasteiger partial charge >= 0.3 is 5.97 Å². The number of hydrogen-bond acceptors (Lipinski definition) is 3. The number of rotatable bonds is 2. The molecule has 1 amide bonds. The van der Waals surface area contributed by atoms with E-state index in [4.69, 9.17) is 5.11 Å². The minimum Gasteiger partial charge on any atom is -0.480 e. The van der Waals surface area contributed by atoms with Crippen molar-refractivity contribution < 1.29 is 14.7 Å². The lowest BCUT2D eigenvalue weighted by Gasteiger charge is -2.40. The molecule has 2 fully saturated rings. The molecule has 0 bridgehead atoms. The zero-order valence-electron chi connectivity index (χ0n) is 8.66. The first-order chi connectivity index (χ1) is 7.14. The molecular weight excluding hydrogens is 196 g/mol. The lowest BCUT2D eigenvalue weighted by atomic mass is 9.88. The van der Waals surface area contributed by atoms with E-state index >= 15 is 0 Å². The molecule has 84 valence electrons. The summed E-state index contributed by atoms with van der Waals surface area (Å²) in [4.78, 5) is 23.8. The minimum atomic E-state index is -0.933. The van der Waals surface area contributed by atoms with Crippen molar-refractivity contribution in [2.45, 2.75) is 37.8 Å². The maximum Gasteiger partial charge on any atom is 0.323 e. The van der Waals surface area contributed by atoms with E-state index in [0.29, 0.717) is 0 Å². The topological polar surface area (TPSA) is 69.6 Å². The van der Waals surface area contributed by atoms with Crippen LogP contribution in [0.1, 0.15) is 32.1 Å². The number of carbonyl (C=O) groups is 2. The van der Waals surface area contributed by atoms with Gasteiger partial charge in [0.15, 0.2) is 0 Å². The van der Waals surface area contributed by atoms with Gasteiger partial charge in [-0.15, -0.1) is 0 Å². The quantitative estimate of drug-likeness (QED) is 0.684. The summed E-state index contributed by atoms with van der Waals surface area (Å²) in [5.74, 6) is -1.02. The van der Waals surface area contributed by atoms with E-state index in [0.717, 1.165) is 25.7 Å². The number of carboxylic acid groups (broad SMARTS) is 1. The first-order valence-corrected chi connectivity index (χ1v) is 5.41. The van der Waals surface area contributed by atoms with Crippen LogP contribution in [0, 0.1) is 0 Å². The van der Waals surface area contributed by atoms with Gasteiger partial charge in [-0.1, -0.05) is 6.42 Å². The predicted molar refractivity (Wildman–Crippen MR) is 53.2 cm³/mol. The predicted octanol–water partition coefficient (Wildman–Crippen LogP) is 0.163. The number of amides is 1. The van der Waals surface area contributed by atoms with Gasteiger partial charge < -0.3 is 10.0 Å². The number of nitrogens with one attached hydrogen (secondary N) is 1. The third-order valence-corrected chi connectivity index (χ3v) is 3.36. The van der Waals surface area contributed by atoms with Crippen molar-refractivity contribution in [2.75, 3.05) is 13.1 Å². The summed E-state index contributed by atoms with van der Waals surface area (Å²) in [5, 5.41) is 12.0. The Morgan fingerprint density at radius 2 is 2.07 bits per heavy atom. The van der Waals surface area contributed by atoms with Crippen LogP contribution >= 0.6 is 0 Å². The first-order valence-electron chi connectivity index (χ1n) is 5.41.